The van der Waals surface area contributed by atoms with Crippen LogP contribution in [0.1, 0.15) is 16.7 Å². The summed E-state index contributed by atoms with van der Waals surface area (Å²) in [7, 11) is 1.61. The van der Waals surface area contributed by atoms with Gasteiger partial charge < -0.3 is 9.64 Å². The van der Waals surface area contributed by atoms with Gasteiger partial charge in [0.05, 0.1) is 7.11 Å². The van der Waals surface area contributed by atoms with Crippen LogP contribution in [0, 0.1) is 0 Å². The molecule has 5 nitrogen and oxygen atoms in total. The third-order valence-electron chi connectivity index (χ3n) is 5.14. The molecule has 0 atom stereocenters. The van der Waals surface area contributed by atoms with Crippen molar-refractivity contribution in [2.75, 3.05) is 13.7 Å². The number of ether oxygens (including phenoxy) is 1. The number of rotatable bonds is 4. The summed E-state index contributed by atoms with van der Waals surface area (Å²) in [5.41, 5.74) is 3.34. The van der Waals surface area contributed by atoms with Gasteiger partial charge in [-0.2, -0.15) is 0 Å². The normalized spacial score (nSPS) is 13.7. The van der Waals surface area contributed by atoms with Crippen LogP contribution in [0.15, 0.2) is 77.7 Å². The zero-order valence-corrected chi connectivity index (χ0v) is 16.2. The van der Waals surface area contributed by atoms with Crippen LogP contribution < -0.4 is 10.3 Å². The van der Waals surface area contributed by atoms with E-state index in [1.165, 1.54) is 16.2 Å². The van der Waals surface area contributed by atoms with Gasteiger partial charge in [-0.05, 0) is 47.4 Å². The molecule has 2 heterocycles. The molecule has 1 aliphatic rings. The molecule has 5 heteroatoms. The Bertz CT molecular complexity index is 1110. The lowest BCUT2D eigenvalue weighted by Gasteiger charge is -2.30. The van der Waals surface area contributed by atoms with Crippen molar-refractivity contribution in [3.8, 4) is 5.75 Å². The van der Waals surface area contributed by atoms with Crippen LogP contribution in [-0.4, -0.2) is 29.0 Å². The third kappa shape index (κ3) is 3.99. The summed E-state index contributed by atoms with van der Waals surface area (Å²) in [6, 6.07) is 20.4. The second kappa shape index (κ2) is 8.19. The first kappa shape index (κ1) is 18.7. The number of aromatic nitrogens is 1. The maximum absolute atomic E-state index is 13.5. The standard InChI is InChI=1S/C24H22N2O3/c1-29-21-11-9-18(10-12-21)16-22(26-14-5-4-8-23(26)27)24(28)25-15-13-19-6-2-3-7-20(19)17-25/h2-12,14,16H,13,15,17H2,1H3/b22-16+. The number of amides is 1. The summed E-state index contributed by atoms with van der Waals surface area (Å²) in [5, 5.41) is 0. The van der Waals surface area contributed by atoms with E-state index in [0.29, 0.717) is 18.8 Å². The van der Waals surface area contributed by atoms with Crippen molar-refractivity contribution in [2.45, 2.75) is 13.0 Å². The predicted molar refractivity (Wildman–Crippen MR) is 113 cm³/mol. The smallest absolute Gasteiger partial charge is 0.271 e. The molecule has 2 aromatic carbocycles. The molecular formula is C24H22N2O3. The van der Waals surface area contributed by atoms with E-state index >= 15 is 0 Å². The SMILES string of the molecule is COc1ccc(/C=C(\C(=O)N2CCc3ccccc3C2)n2ccccc2=O)cc1. The van der Waals surface area contributed by atoms with Crippen LogP contribution in [0.2, 0.25) is 0 Å². The van der Waals surface area contributed by atoms with Crippen LogP contribution in [0.5, 0.6) is 5.75 Å². The summed E-state index contributed by atoms with van der Waals surface area (Å²) in [6.45, 7) is 1.16. The summed E-state index contributed by atoms with van der Waals surface area (Å²) in [5.74, 6) is 0.572. The van der Waals surface area contributed by atoms with Gasteiger partial charge >= 0.3 is 0 Å². The largest absolute Gasteiger partial charge is 0.497 e. The van der Waals surface area contributed by atoms with Gasteiger partial charge in [0.2, 0.25) is 0 Å². The van der Waals surface area contributed by atoms with Gasteiger partial charge in [-0.25, -0.2) is 0 Å². The predicted octanol–water partition coefficient (Wildman–Crippen LogP) is 3.44. The fourth-order valence-corrected chi connectivity index (χ4v) is 3.55. The van der Waals surface area contributed by atoms with E-state index in [2.05, 4.69) is 12.1 Å². The van der Waals surface area contributed by atoms with Crippen LogP contribution in [-0.2, 0) is 17.8 Å². The highest BCUT2D eigenvalue weighted by Crippen LogP contribution is 2.22. The molecule has 0 aliphatic carbocycles. The number of fused-ring (bicyclic) bond motifs is 1. The lowest BCUT2D eigenvalue weighted by atomic mass is 9.99. The van der Waals surface area contributed by atoms with Gasteiger partial charge in [-0.15, -0.1) is 0 Å². The second-order valence-electron chi connectivity index (χ2n) is 6.96. The Kier molecular flexibility index (Phi) is 5.29. The maximum atomic E-state index is 13.5. The topological polar surface area (TPSA) is 51.5 Å². The van der Waals surface area contributed by atoms with Crippen molar-refractivity contribution in [3.05, 3.63) is 100.0 Å². The van der Waals surface area contributed by atoms with Crippen molar-refractivity contribution in [1.82, 2.24) is 9.47 Å². The number of nitrogens with zero attached hydrogens (tertiary/aromatic N) is 2. The first-order chi connectivity index (χ1) is 14.2. The average Bonchev–Trinajstić information content (AvgIpc) is 2.77. The van der Waals surface area contributed by atoms with Crippen molar-refractivity contribution in [3.63, 3.8) is 0 Å². The molecular weight excluding hydrogens is 364 g/mol. The van der Waals surface area contributed by atoms with Crippen molar-refractivity contribution in [1.29, 1.82) is 0 Å². The molecule has 0 radical (unpaired) electrons. The van der Waals surface area contributed by atoms with Crippen LogP contribution >= 0.6 is 0 Å². The van der Waals surface area contributed by atoms with E-state index in [1.807, 2.05) is 36.4 Å². The Morgan fingerprint density at radius 2 is 1.69 bits per heavy atom. The molecule has 0 bridgehead atoms. The summed E-state index contributed by atoms with van der Waals surface area (Å²) in [6.07, 6.45) is 4.19. The van der Waals surface area contributed by atoms with Gasteiger partial charge in [0.15, 0.2) is 0 Å². The van der Waals surface area contributed by atoms with Gasteiger partial charge in [-0.3, -0.25) is 14.2 Å². The lowest BCUT2D eigenvalue weighted by Crippen LogP contribution is -2.38. The minimum Gasteiger partial charge on any atom is -0.497 e. The maximum Gasteiger partial charge on any atom is 0.271 e. The zero-order valence-electron chi connectivity index (χ0n) is 16.2. The highest BCUT2D eigenvalue weighted by atomic mass is 16.5. The van der Waals surface area contributed by atoms with Gasteiger partial charge in [-0.1, -0.05) is 42.5 Å². The molecule has 1 aliphatic heterocycles. The van der Waals surface area contributed by atoms with Crippen LogP contribution in [0.4, 0.5) is 0 Å². The van der Waals surface area contributed by atoms with Crippen molar-refractivity contribution >= 4 is 17.7 Å². The molecule has 0 N–H and O–H groups in total. The fraction of sp³-hybridized carbons (Fsp3) is 0.167. The monoisotopic (exact) mass is 386 g/mol. The average molecular weight is 386 g/mol. The minimum atomic E-state index is -0.238. The van der Waals surface area contributed by atoms with Crippen molar-refractivity contribution in [2.24, 2.45) is 0 Å². The first-order valence-electron chi connectivity index (χ1n) is 9.55. The highest BCUT2D eigenvalue weighted by Gasteiger charge is 2.24. The van der Waals surface area contributed by atoms with Gasteiger partial charge in [0.1, 0.15) is 11.4 Å². The molecule has 0 saturated heterocycles. The molecule has 3 aromatic rings. The van der Waals surface area contributed by atoms with E-state index in [9.17, 15) is 9.59 Å². The molecule has 1 aromatic heterocycles. The first-order valence-corrected chi connectivity index (χ1v) is 9.55. The zero-order chi connectivity index (χ0) is 20.2. The third-order valence-corrected chi connectivity index (χ3v) is 5.14. The van der Waals surface area contributed by atoms with E-state index in [1.54, 1.807) is 36.4 Å². The van der Waals surface area contributed by atoms with E-state index in [0.717, 1.165) is 23.3 Å². The molecule has 4 rings (SSSR count). The van der Waals surface area contributed by atoms with E-state index in [-0.39, 0.29) is 11.5 Å². The van der Waals surface area contributed by atoms with Gasteiger partial charge in [0.25, 0.3) is 11.5 Å². The minimum absolute atomic E-state index is 0.163. The Morgan fingerprint density at radius 3 is 2.41 bits per heavy atom. The molecule has 0 spiro atoms. The lowest BCUT2D eigenvalue weighted by molar-refractivity contribution is -0.126. The quantitative estimate of drug-likeness (QED) is 0.646. The van der Waals surface area contributed by atoms with E-state index in [4.69, 9.17) is 4.74 Å². The molecule has 0 fully saturated rings. The Morgan fingerprint density at radius 1 is 0.966 bits per heavy atom. The summed E-state index contributed by atoms with van der Waals surface area (Å²) < 4.78 is 6.61. The fourth-order valence-electron chi connectivity index (χ4n) is 3.55. The number of pyridine rings is 1. The molecule has 146 valence electrons. The van der Waals surface area contributed by atoms with Crippen LogP contribution in [0.25, 0.3) is 11.8 Å². The molecule has 1 amide bonds. The van der Waals surface area contributed by atoms with Crippen LogP contribution in [0.3, 0.4) is 0 Å². The number of carbonyl (C=O) groups is 1. The molecule has 29 heavy (non-hydrogen) atoms. The Balaban J connectivity index is 1.72. The number of carbonyl (C=O) groups excluding carboxylic acids is 1. The number of benzene rings is 2. The van der Waals surface area contributed by atoms with E-state index < -0.39 is 0 Å². The Hall–Kier alpha value is -3.60. The summed E-state index contributed by atoms with van der Waals surface area (Å²) in [4.78, 5) is 27.7. The second-order valence-corrected chi connectivity index (χ2v) is 6.96. The highest BCUT2D eigenvalue weighted by molar-refractivity contribution is 6.18. The molecule has 0 saturated carbocycles. The number of hydrogen-bond donors (Lipinski definition) is 0. The number of methoxy groups -OCH3 is 1. The Labute approximate surface area is 169 Å². The van der Waals surface area contributed by atoms with Crippen molar-refractivity contribution < 1.29 is 9.53 Å². The number of hydrogen-bond acceptors (Lipinski definition) is 3. The summed E-state index contributed by atoms with van der Waals surface area (Å²) >= 11 is 0. The molecule has 0 unspecified atom stereocenters. The van der Waals surface area contributed by atoms with Gasteiger partial charge in [0, 0.05) is 25.4 Å².